The van der Waals surface area contributed by atoms with Crippen LogP contribution >= 0.6 is 31.3 Å². The minimum absolute atomic E-state index is 0.0408. The molecule has 1 saturated heterocycles. The Kier molecular flexibility index (Phi) is 14.6. The fourth-order valence-electron chi connectivity index (χ4n) is 3.74. The molecule has 1 aliphatic rings. The van der Waals surface area contributed by atoms with Gasteiger partial charge in [-0.05, 0) is 38.9 Å². The summed E-state index contributed by atoms with van der Waals surface area (Å²) in [5.74, 6) is -2.79. The van der Waals surface area contributed by atoms with E-state index in [4.69, 9.17) is 17.2 Å². The molecule has 1 rings (SSSR count). The predicted molar refractivity (Wildman–Crippen MR) is 144 cm³/mol. The lowest BCUT2D eigenvalue weighted by Gasteiger charge is -2.28. The highest BCUT2D eigenvalue weighted by atomic mass is 32.2. The Morgan fingerprint density at radius 3 is 2.45 bits per heavy atom. The van der Waals surface area contributed by atoms with Crippen molar-refractivity contribution in [3.63, 3.8) is 0 Å². The van der Waals surface area contributed by atoms with Crippen molar-refractivity contribution in [2.45, 2.75) is 56.8 Å². The molecule has 1 aliphatic heterocycles. The number of hydrogen-bond donors (Lipinski definition) is 7. The Morgan fingerprint density at radius 2 is 1.89 bits per heavy atom. The number of guanidine groups is 1. The molecular formula is C20H37N6O9PS2. The zero-order valence-corrected chi connectivity index (χ0v) is 23.8. The van der Waals surface area contributed by atoms with Gasteiger partial charge in [-0.25, -0.2) is 9.36 Å². The van der Waals surface area contributed by atoms with E-state index in [1.807, 2.05) is 0 Å². The van der Waals surface area contributed by atoms with Crippen molar-refractivity contribution < 1.29 is 43.2 Å². The minimum atomic E-state index is -5.01. The van der Waals surface area contributed by atoms with Gasteiger partial charge in [-0.1, -0.05) is 11.8 Å². The van der Waals surface area contributed by atoms with E-state index in [-0.39, 0.29) is 24.7 Å². The second kappa shape index (κ2) is 16.3. The molecule has 1 fully saturated rings. The highest BCUT2D eigenvalue weighted by Gasteiger charge is 2.38. The van der Waals surface area contributed by atoms with E-state index >= 15 is 0 Å². The highest BCUT2D eigenvalue weighted by Crippen LogP contribution is 2.38. The van der Waals surface area contributed by atoms with Crippen LogP contribution in [0.4, 0.5) is 0 Å². The van der Waals surface area contributed by atoms with Gasteiger partial charge in [0, 0.05) is 24.6 Å². The fourth-order valence-corrected chi connectivity index (χ4v) is 6.17. The van der Waals surface area contributed by atoms with Gasteiger partial charge < -0.3 is 42.3 Å². The maximum Gasteiger partial charge on any atom is 0.469 e. The molecule has 10 N–H and O–H groups in total. The number of carbonyl (C=O) groups excluding carboxylic acids is 3. The summed E-state index contributed by atoms with van der Waals surface area (Å²) in [7, 11) is -5.01. The molecule has 2 amide bonds. The summed E-state index contributed by atoms with van der Waals surface area (Å²) in [4.78, 5) is 73.8. The number of thioether (sulfide) groups is 2. The average molecular weight is 601 g/mol. The number of likely N-dealkylation sites (tertiary alicyclic amines) is 1. The van der Waals surface area contributed by atoms with Crippen LogP contribution in [0.2, 0.25) is 0 Å². The van der Waals surface area contributed by atoms with Crippen LogP contribution in [0.1, 0.15) is 32.6 Å². The molecule has 18 heteroatoms. The summed E-state index contributed by atoms with van der Waals surface area (Å²) < 4.78 is 16.0. The molecule has 0 spiro atoms. The van der Waals surface area contributed by atoms with Crippen LogP contribution in [-0.2, 0) is 28.3 Å². The fraction of sp³-hybridized carbons (Fsp3) is 0.750. The number of rotatable bonds is 16. The van der Waals surface area contributed by atoms with Gasteiger partial charge in [0.2, 0.25) is 16.9 Å². The SMILES string of the molecule is CSCC(CSC(=O)[C@@H](NC(=O)[C@@H](N)CCCN=C(N)N)[C@@H](C)OP(=O)(O)O)C(=O)N1CCC[C@H]1C(=O)O. The zero-order chi connectivity index (χ0) is 29.0. The first-order valence-corrected chi connectivity index (χ1v) is 15.6. The molecule has 218 valence electrons. The number of phosphoric acid groups is 1. The maximum absolute atomic E-state index is 13.1. The third kappa shape index (κ3) is 11.9. The number of nitrogens with one attached hydrogen (secondary N) is 1. The average Bonchev–Trinajstić information content (AvgIpc) is 3.31. The van der Waals surface area contributed by atoms with Gasteiger partial charge in [0.1, 0.15) is 12.1 Å². The number of nitrogens with zero attached hydrogens (tertiary/aromatic N) is 2. The summed E-state index contributed by atoms with van der Waals surface area (Å²) >= 11 is 2.03. The van der Waals surface area contributed by atoms with Gasteiger partial charge in [0.05, 0.1) is 18.1 Å². The molecule has 0 aromatic heterocycles. The predicted octanol–water partition coefficient (Wildman–Crippen LogP) is -1.34. The number of carbonyl (C=O) groups is 4. The Hall–Kier alpha value is -1.88. The summed E-state index contributed by atoms with van der Waals surface area (Å²) in [6.45, 7) is 1.73. The molecule has 1 heterocycles. The van der Waals surface area contributed by atoms with E-state index in [2.05, 4.69) is 14.8 Å². The lowest BCUT2D eigenvalue weighted by atomic mass is 10.1. The summed E-state index contributed by atoms with van der Waals surface area (Å²) in [6.07, 6.45) is 1.75. The van der Waals surface area contributed by atoms with E-state index in [0.29, 0.717) is 43.3 Å². The standard InChI is InChI=1S/C20H37N6O9PS2/c1-11(35-36(32,33)34)15(25-16(27)13(21)5-3-7-24-20(22)23)19(31)38-10-12(9-37-2)17(28)26-8-4-6-14(26)18(29)30/h11-15H,3-10,21H2,1-2H3,(H,25,27)(H,29,30)(H4,22,23,24)(H2,32,33,34)/t11-,12?,13+,14+,15+/m1/s1. The Labute approximate surface area is 229 Å². The number of nitrogens with two attached hydrogens (primary N) is 3. The van der Waals surface area contributed by atoms with Gasteiger partial charge in [0.15, 0.2) is 5.96 Å². The third-order valence-electron chi connectivity index (χ3n) is 5.59. The third-order valence-corrected chi connectivity index (χ3v) is 8.04. The number of carboxylic acids is 1. The number of aliphatic carboxylic acids is 1. The van der Waals surface area contributed by atoms with Crippen molar-refractivity contribution in [1.29, 1.82) is 0 Å². The number of carboxylic acid groups (broad SMARTS) is 1. The van der Waals surface area contributed by atoms with E-state index in [0.717, 1.165) is 0 Å². The Bertz CT molecular complexity index is 917. The number of phosphoric ester groups is 1. The quantitative estimate of drug-likeness (QED) is 0.0468. The van der Waals surface area contributed by atoms with Crippen LogP contribution in [0, 0.1) is 5.92 Å². The molecule has 0 aliphatic carbocycles. The molecule has 1 unspecified atom stereocenters. The number of hydrogen-bond acceptors (Lipinski definition) is 10. The van der Waals surface area contributed by atoms with Crippen molar-refractivity contribution in [2.75, 3.05) is 30.9 Å². The van der Waals surface area contributed by atoms with Crippen molar-refractivity contribution in [2.24, 2.45) is 28.1 Å². The number of amides is 2. The van der Waals surface area contributed by atoms with Gasteiger partial charge in [0.25, 0.3) is 0 Å². The molecule has 38 heavy (non-hydrogen) atoms. The highest BCUT2D eigenvalue weighted by molar-refractivity contribution is 8.13. The molecule has 0 saturated carbocycles. The summed E-state index contributed by atoms with van der Waals surface area (Å²) in [5, 5.41) is 11.1. The van der Waals surface area contributed by atoms with E-state index < -0.39 is 60.9 Å². The van der Waals surface area contributed by atoms with Crippen molar-refractivity contribution >= 4 is 60.2 Å². The minimum Gasteiger partial charge on any atom is -0.480 e. The van der Waals surface area contributed by atoms with Gasteiger partial charge in [-0.15, -0.1) is 0 Å². The second-order valence-corrected chi connectivity index (χ2v) is 11.8. The van der Waals surface area contributed by atoms with Crippen LogP contribution in [0.5, 0.6) is 0 Å². The lowest BCUT2D eigenvalue weighted by molar-refractivity contribution is -0.149. The van der Waals surface area contributed by atoms with Gasteiger partial charge in [-0.3, -0.25) is 23.9 Å². The number of aliphatic imine (C=N–C) groups is 1. The Balaban J connectivity index is 2.93. The first-order chi connectivity index (χ1) is 17.7. The molecular weight excluding hydrogens is 563 g/mol. The molecule has 0 aromatic rings. The van der Waals surface area contributed by atoms with Crippen molar-refractivity contribution in [1.82, 2.24) is 10.2 Å². The van der Waals surface area contributed by atoms with Crippen molar-refractivity contribution in [3.8, 4) is 0 Å². The maximum atomic E-state index is 13.1. The van der Waals surface area contributed by atoms with E-state index in [1.165, 1.54) is 23.6 Å². The van der Waals surface area contributed by atoms with Crippen LogP contribution in [-0.4, -0.2) is 104 Å². The largest absolute Gasteiger partial charge is 0.480 e. The molecule has 0 radical (unpaired) electrons. The normalized spacial score (nSPS) is 18.8. The van der Waals surface area contributed by atoms with Crippen LogP contribution < -0.4 is 22.5 Å². The van der Waals surface area contributed by atoms with E-state index in [1.54, 1.807) is 6.26 Å². The van der Waals surface area contributed by atoms with Crippen molar-refractivity contribution in [3.05, 3.63) is 0 Å². The molecule has 5 atom stereocenters. The second-order valence-electron chi connectivity index (χ2n) is 8.65. The molecule has 0 bridgehead atoms. The zero-order valence-electron chi connectivity index (χ0n) is 21.2. The lowest BCUT2D eigenvalue weighted by Crippen LogP contribution is -2.52. The summed E-state index contributed by atoms with van der Waals surface area (Å²) in [6, 6.07) is -3.49. The summed E-state index contributed by atoms with van der Waals surface area (Å²) in [5.41, 5.74) is 16.4. The van der Waals surface area contributed by atoms with Gasteiger partial charge in [-0.2, -0.15) is 11.8 Å². The topological polar surface area (TPSA) is 261 Å². The van der Waals surface area contributed by atoms with Crippen LogP contribution in [0.3, 0.4) is 0 Å². The first-order valence-electron chi connectivity index (χ1n) is 11.7. The monoisotopic (exact) mass is 600 g/mol. The van der Waals surface area contributed by atoms with Crippen LogP contribution in [0.15, 0.2) is 4.99 Å². The van der Waals surface area contributed by atoms with E-state index in [9.17, 15) is 38.6 Å². The molecule has 15 nitrogen and oxygen atoms in total. The first kappa shape index (κ1) is 34.1. The van der Waals surface area contributed by atoms with Gasteiger partial charge >= 0.3 is 13.8 Å². The van der Waals surface area contributed by atoms with Crippen LogP contribution in [0.25, 0.3) is 0 Å². The molecule has 0 aromatic carbocycles. The smallest absolute Gasteiger partial charge is 0.469 e. The Morgan fingerprint density at radius 1 is 1.24 bits per heavy atom.